The van der Waals surface area contributed by atoms with Crippen LogP contribution in [0.3, 0.4) is 0 Å². The van der Waals surface area contributed by atoms with Crippen LogP contribution in [-0.4, -0.2) is 30.8 Å². The summed E-state index contributed by atoms with van der Waals surface area (Å²) in [5, 5.41) is 3.60. The first kappa shape index (κ1) is 15.1. The highest BCUT2D eigenvalue weighted by Crippen LogP contribution is 2.25. The molecule has 110 valence electrons. The van der Waals surface area contributed by atoms with Crippen molar-refractivity contribution >= 4 is 17.6 Å². The maximum absolute atomic E-state index is 12.1. The Hall–Kier alpha value is -1.26. The largest absolute Gasteiger partial charge is 0.489 e. The van der Waals surface area contributed by atoms with E-state index in [0.717, 1.165) is 19.5 Å². The Morgan fingerprint density at radius 3 is 2.75 bits per heavy atom. The smallest absolute Gasteiger partial charge is 0.340 e. The number of esters is 1. The summed E-state index contributed by atoms with van der Waals surface area (Å²) in [7, 11) is 0. The van der Waals surface area contributed by atoms with E-state index in [1.165, 1.54) is 0 Å². The highest BCUT2D eigenvalue weighted by atomic mass is 35.5. The first-order valence-electron chi connectivity index (χ1n) is 6.75. The molecule has 1 fully saturated rings. The molecule has 0 amide bonds. The zero-order valence-corrected chi connectivity index (χ0v) is 12.8. The third kappa shape index (κ3) is 4.12. The van der Waals surface area contributed by atoms with Crippen LogP contribution in [0.25, 0.3) is 0 Å². The third-order valence-corrected chi connectivity index (χ3v) is 3.20. The van der Waals surface area contributed by atoms with Gasteiger partial charge < -0.3 is 14.8 Å². The lowest BCUT2D eigenvalue weighted by molar-refractivity contribution is 0.00691. The number of benzene rings is 1. The number of rotatable bonds is 3. The molecule has 1 atom stereocenters. The summed E-state index contributed by atoms with van der Waals surface area (Å²) in [6, 6.07) is 5.09. The van der Waals surface area contributed by atoms with Crippen LogP contribution in [0.15, 0.2) is 18.2 Å². The molecule has 0 bridgehead atoms. The molecule has 1 aromatic rings. The Kier molecular flexibility index (Phi) is 4.55. The Morgan fingerprint density at radius 1 is 1.40 bits per heavy atom. The fraction of sp³-hybridized carbons (Fsp3) is 0.533. The second-order valence-corrected chi connectivity index (χ2v) is 6.28. The fourth-order valence-corrected chi connectivity index (χ4v) is 2.18. The molecule has 1 aliphatic rings. The zero-order chi connectivity index (χ0) is 14.8. The Labute approximate surface area is 124 Å². The van der Waals surface area contributed by atoms with E-state index in [1.807, 2.05) is 20.8 Å². The number of ether oxygens (including phenoxy) is 2. The van der Waals surface area contributed by atoms with Crippen LogP contribution in [-0.2, 0) is 4.74 Å². The van der Waals surface area contributed by atoms with E-state index in [4.69, 9.17) is 21.1 Å². The minimum absolute atomic E-state index is 0.141. The Morgan fingerprint density at radius 2 is 2.15 bits per heavy atom. The van der Waals surface area contributed by atoms with Gasteiger partial charge in [0.25, 0.3) is 0 Å². The standard InChI is InChI=1S/C15H20ClNO3/c1-15(2,3)20-14(18)12-8-10(4-5-13(12)16)19-11-6-7-17-9-11/h4-5,8,11,17H,6-7,9H2,1-3H3. The van der Waals surface area contributed by atoms with Gasteiger partial charge in [-0.2, -0.15) is 0 Å². The van der Waals surface area contributed by atoms with E-state index in [2.05, 4.69) is 5.32 Å². The van der Waals surface area contributed by atoms with Gasteiger partial charge in [-0.25, -0.2) is 4.79 Å². The lowest BCUT2D eigenvalue weighted by Gasteiger charge is -2.20. The fourth-order valence-electron chi connectivity index (χ4n) is 1.99. The van der Waals surface area contributed by atoms with Gasteiger partial charge in [-0.15, -0.1) is 0 Å². The van der Waals surface area contributed by atoms with Crippen molar-refractivity contribution in [3.63, 3.8) is 0 Å². The van der Waals surface area contributed by atoms with Crippen LogP contribution in [0.1, 0.15) is 37.6 Å². The minimum Gasteiger partial charge on any atom is -0.489 e. The van der Waals surface area contributed by atoms with Crippen LogP contribution < -0.4 is 10.1 Å². The molecular formula is C15H20ClNO3. The number of carbonyl (C=O) groups is 1. The van der Waals surface area contributed by atoms with Gasteiger partial charge in [-0.1, -0.05) is 11.6 Å². The first-order valence-corrected chi connectivity index (χ1v) is 7.13. The van der Waals surface area contributed by atoms with Crippen LogP contribution >= 0.6 is 11.6 Å². The zero-order valence-electron chi connectivity index (χ0n) is 12.0. The van der Waals surface area contributed by atoms with Crippen molar-refractivity contribution in [2.45, 2.75) is 38.9 Å². The van der Waals surface area contributed by atoms with Crippen molar-refractivity contribution in [1.82, 2.24) is 5.32 Å². The van der Waals surface area contributed by atoms with Gasteiger partial charge in [-0.05, 0) is 51.9 Å². The van der Waals surface area contributed by atoms with Gasteiger partial charge >= 0.3 is 5.97 Å². The summed E-state index contributed by atoms with van der Waals surface area (Å²) in [5.41, 5.74) is -0.211. The van der Waals surface area contributed by atoms with Gasteiger partial charge in [0.05, 0.1) is 10.6 Å². The van der Waals surface area contributed by atoms with Crippen molar-refractivity contribution in [1.29, 1.82) is 0 Å². The monoisotopic (exact) mass is 297 g/mol. The van der Waals surface area contributed by atoms with Crippen molar-refractivity contribution in [3.05, 3.63) is 28.8 Å². The molecule has 0 saturated carbocycles. The van der Waals surface area contributed by atoms with Crippen LogP contribution in [0.5, 0.6) is 5.75 Å². The predicted molar refractivity (Wildman–Crippen MR) is 78.5 cm³/mol. The molecule has 1 aromatic carbocycles. The van der Waals surface area contributed by atoms with Gasteiger partial charge in [0.15, 0.2) is 0 Å². The summed E-state index contributed by atoms with van der Waals surface area (Å²) in [5.74, 6) is 0.210. The lowest BCUT2D eigenvalue weighted by Crippen LogP contribution is -2.24. The highest BCUT2D eigenvalue weighted by molar-refractivity contribution is 6.33. The molecule has 1 aliphatic heterocycles. The van der Waals surface area contributed by atoms with Crippen LogP contribution in [0.2, 0.25) is 5.02 Å². The maximum Gasteiger partial charge on any atom is 0.340 e. The summed E-state index contributed by atoms with van der Waals surface area (Å²) >= 11 is 6.07. The minimum atomic E-state index is -0.549. The van der Waals surface area contributed by atoms with Gasteiger partial charge in [0.2, 0.25) is 0 Å². The topological polar surface area (TPSA) is 47.6 Å². The van der Waals surface area contributed by atoms with Crippen molar-refractivity contribution in [2.24, 2.45) is 0 Å². The van der Waals surface area contributed by atoms with Gasteiger partial charge in [0, 0.05) is 6.54 Å². The van der Waals surface area contributed by atoms with E-state index >= 15 is 0 Å². The average Bonchev–Trinajstić information content (AvgIpc) is 2.82. The second kappa shape index (κ2) is 6.02. The Balaban J connectivity index is 2.13. The molecule has 4 nitrogen and oxygen atoms in total. The highest BCUT2D eigenvalue weighted by Gasteiger charge is 2.22. The predicted octanol–water partition coefficient (Wildman–Crippen LogP) is 3.04. The molecule has 1 N–H and O–H groups in total. The molecule has 1 heterocycles. The maximum atomic E-state index is 12.1. The molecule has 1 saturated heterocycles. The van der Waals surface area contributed by atoms with E-state index in [0.29, 0.717) is 16.3 Å². The molecule has 20 heavy (non-hydrogen) atoms. The number of carbonyl (C=O) groups excluding carboxylic acids is 1. The van der Waals surface area contributed by atoms with Gasteiger partial charge in [-0.3, -0.25) is 0 Å². The summed E-state index contributed by atoms with van der Waals surface area (Å²) in [6.45, 7) is 7.25. The van der Waals surface area contributed by atoms with E-state index in [-0.39, 0.29) is 6.10 Å². The number of hydrogen-bond donors (Lipinski definition) is 1. The molecule has 5 heteroatoms. The van der Waals surface area contributed by atoms with Crippen molar-refractivity contribution < 1.29 is 14.3 Å². The third-order valence-electron chi connectivity index (χ3n) is 2.87. The number of nitrogens with one attached hydrogen (secondary N) is 1. The first-order chi connectivity index (χ1) is 9.35. The normalized spacial score (nSPS) is 18.9. The van der Waals surface area contributed by atoms with E-state index < -0.39 is 11.6 Å². The number of halogens is 1. The molecule has 0 spiro atoms. The molecule has 0 aliphatic carbocycles. The molecule has 1 unspecified atom stereocenters. The molecule has 2 rings (SSSR count). The quantitative estimate of drug-likeness (QED) is 0.871. The SMILES string of the molecule is CC(C)(C)OC(=O)c1cc(OC2CCNC2)ccc1Cl. The summed E-state index contributed by atoms with van der Waals surface area (Å²) < 4.78 is 11.2. The second-order valence-electron chi connectivity index (χ2n) is 5.88. The van der Waals surface area contributed by atoms with Crippen LogP contribution in [0.4, 0.5) is 0 Å². The summed E-state index contributed by atoms with van der Waals surface area (Å²) in [6.07, 6.45) is 1.10. The van der Waals surface area contributed by atoms with Gasteiger partial charge in [0.1, 0.15) is 17.5 Å². The Bertz CT molecular complexity index is 490. The van der Waals surface area contributed by atoms with E-state index in [9.17, 15) is 4.79 Å². The van der Waals surface area contributed by atoms with Crippen LogP contribution in [0, 0.1) is 0 Å². The average molecular weight is 298 g/mol. The molecule has 0 radical (unpaired) electrons. The van der Waals surface area contributed by atoms with Crippen molar-refractivity contribution in [3.8, 4) is 5.75 Å². The number of hydrogen-bond acceptors (Lipinski definition) is 4. The lowest BCUT2D eigenvalue weighted by atomic mass is 10.1. The molecular weight excluding hydrogens is 278 g/mol. The summed E-state index contributed by atoms with van der Waals surface area (Å²) in [4.78, 5) is 12.1. The molecule has 0 aromatic heterocycles. The van der Waals surface area contributed by atoms with Crippen molar-refractivity contribution in [2.75, 3.05) is 13.1 Å². The van der Waals surface area contributed by atoms with E-state index in [1.54, 1.807) is 18.2 Å².